The van der Waals surface area contributed by atoms with Crippen LogP contribution in [0.4, 0.5) is 5.13 Å². The van der Waals surface area contributed by atoms with Crippen molar-refractivity contribution < 1.29 is 4.79 Å². The first-order chi connectivity index (χ1) is 13.1. The first-order valence-corrected chi connectivity index (χ1v) is 9.60. The van der Waals surface area contributed by atoms with Gasteiger partial charge in [0.05, 0.1) is 10.2 Å². The molecule has 1 aliphatic heterocycles. The monoisotopic (exact) mass is 385 g/mol. The number of nitrogens with zero attached hydrogens (tertiary/aromatic N) is 4. The van der Waals surface area contributed by atoms with E-state index < -0.39 is 11.2 Å². The third kappa shape index (κ3) is 3.77. The maximum atomic E-state index is 12.6. The molecule has 8 nitrogen and oxygen atoms in total. The number of anilines is 1. The lowest BCUT2D eigenvalue weighted by atomic mass is 10.3. The number of fused-ring (bicyclic) bond motifs is 1. The molecule has 1 aromatic carbocycles. The number of H-pyrrole nitrogens is 1. The van der Waals surface area contributed by atoms with Crippen molar-refractivity contribution in [2.75, 3.05) is 31.1 Å². The number of carbonyl (C=O) groups is 1. The van der Waals surface area contributed by atoms with E-state index in [9.17, 15) is 14.4 Å². The average Bonchev–Trinajstić information content (AvgIpc) is 2.93. The highest BCUT2D eigenvalue weighted by molar-refractivity contribution is 7.22. The van der Waals surface area contributed by atoms with Gasteiger partial charge in [0.1, 0.15) is 6.54 Å². The van der Waals surface area contributed by atoms with Gasteiger partial charge in [-0.25, -0.2) is 9.78 Å². The standard InChI is InChI=1S/C18H19N5O3S/c24-15-6-9-23(17(26)20-15)12-16(25)21-7-3-8-22(11-10-21)18-19-13-4-1-2-5-14(13)27-18/h1-2,4-6,9H,3,7-8,10-12H2,(H,20,24,26). The Morgan fingerprint density at radius 2 is 1.96 bits per heavy atom. The molecule has 0 spiro atoms. The molecule has 0 bridgehead atoms. The highest BCUT2D eigenvalue weighted by Gasteiger charge is 2.21. The van der Waals surface area contributed by atoms with E-state index >= 15 is 0 Å². The van der Waals surface area contributed by atoms with Gasteiger partial charge in [-0.1, -0.05) is 23.5 Å². The van der Waals surface area contributed by atoms with Crippen molar-refractivity contribution >= 4 is 32.6 Å². The van der Waals surface area contributed by atoms with Gasteiger partial charge in [-0.05, 0) is 18.6 Å². The topological polar surface area (TPSA) is 91.3 Å². The van der Waals surface area contributed by atoms with Gasteiger partial charge in [0.15, 0.2) is 5.13 Å². The summed E-state index contributed by atoms with van der Waals surface area (Å²) in [6.45, 7) is 2.68. The number of hydrogen-bond donors (Lipinski definition) is 1. The fraction of sp³-hybridized carbons (Fsp3) is 0.333. The van der Waals surface area contributed by atoms with Crippen LogP contribution in [0, 0.1) is 0 Å². The van der Waals surface area contributed by atoms with Gasteiger partial charge in [-0.15, -0.1) is 0 Å². The van der Waals surface area contributed by atoms with E-state index in [0.29, 0.717) is 19.6 Å². The van der Waals surface area contributed by atoms with Crippen molar-refractivity contribution in [1.29, 1.82) is 0 Å². The number of hydrogen-bond acceptors (Lipinski definition) is 6. The van der Waals surface area contributed by atoms with Crippen LogP contribution in [0.25, 0.3) is 10.2 Å². The zero-order valence-corrected chi connectivity index (χ0v) is 15.4. The molecule has 1 fully saturated rings. The second-order valence-corrected chi connectivity index (χ2v) is 7.43. The molecule has 0 radical (unpaired) electrons. The summed E-state index contributed by atoms with van der Waals surface area (Å²) in [6, 6.07) is 9.29. The van der Waals surface area contributed by atoms with Crippen molar-refractivity contribution in [3.05, 3.63) is 57.4 Å². The Labute approximate surface area is 158 Å². The van der Waals surface area contributed by atoms with E-state index in [1.165, 1.54) is 16.8 Å². The van der Waals surface area contributed by atoms with Crippen molar-refractivity contribution in [2.24, 2.45) is 0 Å². The Morgan fingerprint density at radius 1 is 1.11 bits per heavy atom. The molecule has 4 rings (SSSR count). The minimum Gasteiger partial charge on any atom is -0.346 e. The SMILES string of the molecule is O=C(Cn1ccc(=O)[nH]c1=O)N1CCCN(c2nc3ccccc3s2)CC1. The van der Waals surface area contributed by atoms with Crippen molar-refractivity contribution in [2.45, 2.75) is 13.0 Å². The number of carbonyl (C=O) groups excluding carboxylic acids is 1. The van der Waals surface area contributed by atoms with Gasteiger partial charge in [0.25, 0.3) is 5.56 Å². The Balaban J connectivity index is 1.44. The number of rotatable bonds is 3. The van der Waals surface area contributed by atoms with E-state index in [1.807, 2.05) is 18.2 Å². The zero-order chi connectivity index (χ0) is 18.8. The van der Waals surface area contributed by atoms with Crippen LogP contribution in [0.3, 0.4) is 0 Å². The molecule has 0 aliphatic carbocycles. The van der Waals surface area contributed by atoms with Crippen LogP contribution in [0.5, 0.6) is 0 Å². The zero-order valence-electron chi connectivity index (χ0n) is 14.6. The number of aromatic nitrogens is 3. The molecule has 27 heavy (non-hydrogen) atoms. The number of para-hydroxylation sites is 1. The van der Waals surface area contributed by atoms with Crippen LogP contribution in [0.1, 0.15) is 6.42 Å². The Bertz CT molecular complexity index is 1050. The number of amides is 1. The molecule has 1 amide bonds. The first kappa shape index (κ1) is 17.5. The number of nitrogens with one attached hydrogen (secondary N) is 1. The Hall–Kier alpha value is -2.94. The molecule has 0 atom stereocenters. The second kappa shape index (κ2) is 7.36. The molecular weight excluding hydrogens is 366 g/mol. The third-order valence-electron chi connectivity index (χ3n) is 4.60. The van der Waals surface area contributed by atoms with Crippen LogP contribution in [-0.2, 0) is 11.3 Å². The second-order valence-electron chi connectivity index (χ2n) is 6.42. The lowest BCUT2D eigenvalue weighted by Gasteiger charge is -2.22. The van der Waals surface area contributed by atoms with Crippen LogP contribution in [0.2, 0.25) is 0 Å². The summed E-state index contributed by atoms with van der Waals surface area (Å²) in [5.74, 6) is -0.129. The maximum absolute atomic E-state index is 12.6. The summed E-state index contributed by atoms with van der Waals surface area (Å²) < 4.78 is 2.38. The number of aromatic amines is 1. The Kier molecular flexibility index (Phi) is 4.76. The lowest BCUT2D eigenvalue weighted by Crippen LogP contribution is -2.40. The van der Waals surface area contributed by atoms with E-state index in [2.05, 4.69) is 16.0 Å². The van der Waals surface area contributed by atoms with E-state index in [0.717, 1.165) is 28.3 Å². The van der Waals surface area contributed by atoms with Crippen molar-refractivity contribution in [3.8, 4) is 0 Å². The summed E-state index contributed by atoms with van der Waals surface area (Å²) in [5.41, 5.74) is -0.0427. The molecule has 0 unspecified atom stereocenters. The molecule has 1 saturated heterocycles. The summed E-state index contributed by atoms with van der Waals surface area (Å²) in [4.78, 5) is 46.3. The molecule has 1 aliphatic rings. The minimum absolute atomic E-state index is 0.0727. The van der Waals surface area contributed by atoms with Gasteiger partial charge in [-0.2, -0.15) is 0 Å². The average molecular weight is 385 g/mol. The van der Waals surface area contributed by atoms with Gasteiger partial charge in [0, 0.05) is 38.4 Å². The van der Waals surface area contributed by atoms with E-state index in [4.69, 9.17) is 4.98 Å². The molecule has 0 saturated carbocycles. The summed E-state index contributed by atoms with van der Waals surface area (Å²) >= 11 is 1.66. The first-order valence-electron chi connectivity index (χ1n) is 8.78. The molecular formula is C18H19N5O3S. The van der Waals surface area contributed by atoms with Crippen LogP contribution in [0.15, 0.2) is 46.1 Å². The fourth-order valence-corrected chi connectivity index (χ4v) is 4.19. The highest BCUT2D eigenvalue weighted by atomic mass is 32.1. The van der Waals surface area contributed by atoms with Crippen molar-refractivity contribution in [3.63, 3.8) is 0 Å². The summed E-state index contributed by atoms with van der Waals surface area (Å²) in [5, 5.41) is 0.974. The summed E-state index contributed by atoms with van der Waals surface area (Å²) in [6.07, 6.45) is 2.19. The molecule has 140 valence electrons. The van der Waals surface area contributed by atoms with Crippen LogP contribution in [-0.4, -0.2) is 51.5 Å². The molecule has 9 heteroatoms. The largest absolute Gasteiger partial charge is 0.346 e. The van der Waals surface area contributed by atoms with Crippen LogP contribution < -0.4 is 16.1 Å². The Morgan fingerprint density at radius 3 is 2.78 bits per heavy atom. The minimum atomic E-state index is -0.568. The third-order valence-corrected chi connectivity index (χ3v) is 5.70. The summed E-state index contributed by atoms with van der Waals surface area (Å²) in [7, 11) is 0. The van der Waals surface area contributed by atoms with Gasteiger partial charge in [-0.3, -0.25) is 19.1 Å². The van der Waals surface area contributed by atoms with E-state index in [-0.39, 0.29) is 12.5 Å². The van der Waals surface area contributed by atoms with E-state index in [1.54, 1.807) is 16.2 Å². The van der Waals surface area contributed by atoms with Crippen molar-refractivity contribution in [1.82, 2.24) is 19.4 Å². The molecule has 2 aromatic heterocycles. The predicted octanol–water partition coefficient (Wildman–Crippen LogP) is 0.885. The lowest BCUT2D eigenvalue weighted by molar-refractivity contribution is -0.131. The molecule has 3 heterocycles. The smallest absolute Gasteiger partial charge is 0.328 e. The normalized spacial score (nSPS) is 15.1. The number of thiazole rings is 1. The number of benzene rings is 1. The maximum Gasteiger partial charge on any atom is 0.328 e. The van der Waals surface area contributed by atoms with Gasteiger partial charge >= 0.3 is 5.69 Å². The van der Waals surface area contributed by atoms with Gasteiger partial charge < -0.3 is 9.80 Å². The predicted molar refractivity (Wildman–Crippen MR) is 104 cm³/mol. The highest BCUT2D eigenvalue weighted by Crippen LogP contribution is 2.29. The fourth-order valence-electron chi connectivity index (χ4n) is 3.17. The molecule has 1 N–H and O–H groups in total. The molecule has 3 aromatic rings. The quantitative estimate of drug-likeness (QED) is 0.723. The van der Waals surface area contributed by atoms with Gasteiger partial charge in [0.2, 0.25) is 5.91 Å². The van der Waals surface area contributed by atoms with Crippen LogP contribution >= 0.6 is 11.3 Å².